The summed E-state index contributed by atoms with van der Waals surface area (Å²) < 4.78 is 0. The maximum Gasteiger partial charge on any atom is 0.220 e. The molecule has 0 saturated carbocycles. The molecule has 18 heavy (non-hydrogen) atoms. The Morgan fingerprint density at radius 3 is 3.06 bits per heavy atom. The second-order valence-corrected chi connectivity index (χ2v) is 4.96. The lowest BCUT2D eigenvalue weighted by atomic mass is 10.1. The molecule has 5 heteroatoms. The highest BCUT2D eigenvalue weighted by Gasteiger charge is 2.03. The number of hydrogen-bond donors (Lipinski definition) is 2. The Morgan fingerprint density at radius 2 is 2.33 bits per heavy atom. The maximum absolute atomic E-state index is 11.6. The molecule has 3 N–H and O–H groups in total. The van der Waals surface area contributed by atoms with Gasteiger partial charge in [-0.3, -0.25) is 9.78 Å². The van der Waals surface area contributed by atoms with Gasteiger partial charge in [-0.1, -0.05) is 12.1 Å². The molecular formula is C13H15N3OS. The average Bonchev–Trinajstić information content (AvgIpc) is 2.87. The highest BCUT2D eigenvalue weighted by molar-refractivity contribution is 7.09. The molecule has 0 spiro atoms. The van der Waals surface area contributed by atoms with Crippen LogP contribution < -0.4 is 11.1 Å². The maximum atomic E-state index is 11.6. The first-order chi connectivity index (χ1) is 8.74. The summed E-state index contributed by atoms with van der Waals surface area (Å²) >= 11 is 1.54. The van der Waals surface area contributed by atoms with Crippen molar-refractivity contribution in [1.29, 1.82) is 0 Å². The smallest absolute Gasteiger partial charge is 0.220 e. The van der Waals surface area contributed by atoms with E-state index >= 15 is 0 Å². The van der Waals surface area contributed by atoms with E-state index in [2.05, 4.69) is 10.3 Å². The number of thiazole rings is 1. The zero-order valence-electron chi connectivity index (χ0n) is 9.93. The molecule has 0 atom stereocenters. The van der Waals surface area contributed by atoms with Gasteiger partial charge in [0.1, 0.15) is 0 Å². The van der Waals surface area contributed by atoms with Gasteiger partial charge in [-0.05, 0) is 24.1 Å². The summed E-state index contributed by atoms with van der Waals surface area (Å²) in [6.07, 6.45) is 2.95. The van der Waals surface area contributed by atoms with Gasteiger partial charge >= 0.3 is 0 Å². The van der Waals surface area contributed by atoms with Crippen molar-refractivity contribution < 1.29 is 4.79 Å². The number of nitrogens with one attached hydrogen (secondary N) is 1. The molecule has 0 saturated heterocycles. The van der Waals surface area contributed by atoms with Gasteiger partial charge in [-0.25, -0.2) is 0 Å². The van der Waals surface area contributed by atoms with Crippen LogP contribution in [0.5, 0.6) is 0 Å². The monoisotopic (exact) mass is 261 g/mol. The van der Waals surface area contributed by atoms with Crippen molar-refractivity contribution in [1.82, 2.24) is 10.3 Å². The van der Waals surface area contributed by atoms with Crippen molar-refractivity contribution in [3.05, 3.63) is 46.4 Å². The molecule has 1 heterocycles. The number of aromatic nitrogens is 1. The molecule has 0 aliphatic heterocycles. The van der Waals surface area contributed by atoms with Crippen LogP contribution in [0.15, 0.2) is 36.0 Å². The van der Waals surface area contributed by atoms with Gasteiger partial charge in [-0.15, -0.1) is 11.3 Å². The van der Waals surface area contributed by atoms with Crippen molar-refractivity contribution in [3.8, 4) is 0 Å². The molecule has 4 nitrogen and oxygen atoms in total. The van der Waals surface area contributed by atoms with Crippen LogP contribution in [0.4, 0.5) is 5.69 Å². The minimum absolute atomic E-state index is 0.0471. The molecule has 0 aliphatic carbocycles. The SMILES string of the molecule is Nc1cccc(CCC(=O)NCc2cncs2)c1. The minimum Gasteiger partial charge on any atom is -0.399 e. The van der Waals surface area contributed by atoms with Gasteiger partial charge in [0.15, 0.2) is 0 Å². The molecule has 0 bridgehead atoms. The zero-order valence-corrected chi connectivity index (χ0v) is 10.7. The highest BCUT2D eigenvalue weighted by atomic mass is 32.1. The lowest BCUT2D eigenvalue weighted by Gasteiger charge is -2.04. The third-order valence-corrected chi connectivity index (χ3v) is 3.31. The van der Waals surface area contributed by atoms with Crippen LogP contribution in [-0.2, 0) is 17.8 Å². The molecule has 1 aromatic heterocycles. The third kappa shape index (κ3) is 3.85. The summed E-state index contributed by atoms with van der Waals surface area (Å²) in [6, 6.07) is 7.62. The Bertz CT molecular complexity index is 511. The number of anilines is 1. The van der Waals surface area contributed by atoms with Gasteiger partial charge in [0.05, 0.1) is 12.1 Å². The molecular weight excluding hydrogens is 246 g/mol. The quantitative estimate of drug-likeness (QED) is 0.809. The predicted molar refractivity (Wildman–Crippen MR) is 73.1 cm³/mol. The number of hydrogen-bond acceptors (Lipinski definition) is 4. The van der Waals surface area contributed by atoms with Crippen molar-refractivity contribution in [2.24, 2.45) is 0 Å². The first kappa shape index (κ1) is 12.6. The van der Waals surface area contributed by atoms with Crippen LogP contribution >= 0.6 is 11.3 Å². The van der Waals surface area contributed by atoms with E-state index in [9.17, 15) is 4.79 Å². The van der Waals surface area contributed by atoms with Crippen molar-refractivity contribution in [3.63, 3.8) is 0 Å². The second-order valence-electron chi connectivity index (χ2n) is 3.99. The molecule has 0 radical (unpaired) electrons. The Labute approximate surface area is 110 Å². The first-order valence-electron chi connectivity index (χ1n) is 5.72. The normalized spacial score (nSPS) is 10.2. The van der Waals surface area contributed by atoms with Gasteiger partial charge in [0.2, 0.25) is 5.91 Å². The van der Waals surface area contributed by atoms with Crippen LogP contribution in [-0.4, -0.2) is 10.9 Å². The molecule has 0 aliphatic rings. The van der Waals surface area contributed by atoms with Gasteiger partial charge < -0.3 is 11.1 Å². The van der Waals surface area contributed by atoms with E-state index in [0.29, 0.717) is 19.4 Å². The number of nitrogen functional groups attached to an aromatic ring is 1. The number of aryl methyl sites for hydroxylation is 1. The van der Waals surface area contributed by atoms with Gasteiger partial charge in [-0.2, -0.15) is 0 Å². The van der Waals surface area contributed by atoms with Crippen LogP contribution in [0, 0.1) is 0 Å². The number of amides is 1. The fraction of sp³-hybridized carbons (Fsp3) is 0.231. The summed E-state index contributed by atoms with van der Waals surface area (Å²) in [7, 11) is 0. The average molecular weight is 261 g/mol. The van der Waals surface area contributed by atoms with Crippen molar-refractivity contribution >= 4 is 22.9 Å². The fourth-order valence-electron chi connectivity index (χ4n) is 1.61. The summed E-state index contributed by atoms with van der Waals surface area (Å²) in [5.41, 5.74) is 9.26. The lowest BCUT2D eigenvalue weighted by Crippen LogP contribution is -2.22. The number of nitrogens with zero attached hydrogens (tertiary/aromatic N) is 1. The Balaban J connectivity index is 1.75. The first-order valence-corrected chi connectivity index (χ1v) is 6.60. The molecule has 2 aromatic rings. The van der Waals surface area contributed by atoms with E-state index in [1.807, 2.05) is 24.3 Å². The summed E-state index contributed by atoms with van der Waals surface area (Å²) in [5.74, 6) is 0.0471. The van der Waals surface area contributed by atoms with Crippen LogP contribution in [0.3, 0.4) is 0 Å². The Hall–Kier alpha value is -1.88. The van der Waals surface area contributed by atoms with Crippen molar-refractivity contribution in [2.75, 3.05) is 5.73 Å². The van der Waals surface area contributed by atoms with Crippen LogP contribution in [0.25, 0.3) is 0 Å². The standard InChI is InChI=1S/C13H15N3OS/c14-11-3-1-2-10(6-11)4-5-13(17)16-8-12-7-15-9-18-12/h1-3,6-7,9H,4-5,8,14H2,(H,16,17). The zero-order chi connectivity index (χ0) is 12.8. The molecule has 2 rings (SSSR count). The van der Waals surface area contributed by atoms with E-state index < -0.39 is 0 Å². The largest absolute Gasteiger partial charge is 0.399 e. The fourth-order valence-corrected chi connectivity index (χ4v) is 2.14. The minimum atomic E-state index is 0.0471. The number of carbonyl (C=O) groups is 1. The number of benzene rings is 1. The molecule has 94 valence electrons. The topological polar surface area (TPSA) is 68.0 Å². The van der Waals surface area contributed by atoms with E-state index in [0.717, 1.165) is 16.1 Å². The molecule has 1 aromatic carbocycles. The Morgan fingerprint density at radius 1 is 1.44 bits per heavy atom. The molecule has 1 amide bonds. The van der Waals surface area contributed by atoms with E-state index in [4.69, 9.17) is 5.73 Å². The van der Waals surface area contributed by atoms with E-state index in [1.165, 1.54) is 11.3 Å². The number of nitrogens with two attached hydrogens (primary N) is 1. The van der Waals surface area contributed by atoms with E-state index in [1.54, 1.807) is 11.7 Å². The van der Waals surface area contributed by atoms with Crippen molar-refractivity contribution in [2.45, 2.75) is 19.4 Å². The predicted octanol–water partition coefficient (Wildman–Crippen LogP) is 1.97. The van der Waals surface area contributed by atoms with Gasteiger partial charge in [0.25, 0.3) is 0 Å². The Kier molecular flexibility index (Phi) is 4.30. The third-order valence-electron chi connectivity index (χ3n) is 2.54. The molecule has 0 fully saturated rings. The number of rotatable bonds is 5. The summed E-state index contributed by atoms with van der Waals surface area (Å²) in [4.78, 5) is 16.7. The number of carbonyl (C=O) groups excluding carboxylic acids is 1. The van der Waals surface area contributed by atoms with Crippen LogP contribution in [0.2, 0.25) is 0 Å². The van der Waals surface area contributed by atoms with Crippen LogP contribution in [0.1, 0.15) is 16.9 Å². The summed E-state index contributed by atoms with van der Waals surface area (Å²) in [5, 5.41) is 2.87. The van der Waals surface area contributed by atoms with Gasteiger partial charge in [0, 0.05) is 23.2 Å². The lowest BCUT2D eigenvalue weighted by molar-refractivity contribution is -0.121. The second kappa shape index (κ2) is 6.16. The highest BCUT2D eigenvalue weighted by Crippen LogP contribution is 2.09. The summed E-state index contributed by atoms with van der Waals surface area (Å²) in [6.45, 7) is 0.556. The van der Waals surface area contributed by atoms with E-state index in [-0.39, 0.29) is 5.91 Å². The molecule has 0 unspecified atom stereocenters.